The summed E-state index contributed by atoms with van der Waals surface area (Å²) in [5, 5.41) is 12.5. The number of nitriles is 1. The minimum atomic E-state index is -0.763. The van der Waals surface area contributed by atoms with Crippen molar-refractivity contribution < 1.29 is 4.79 Å². The summed E-state index contributed by atoms with van der Waals surface area (Å²) in [5.41, 5.74) is -0.763. The van der Waals surface area contributed by atoms with Crippen LogP contribution >= 0.6 is 0 Å². The van der Waals surface area contributed by atoms with Crippen LogP contribution in [0.1, 0.15) is 58.3 Å². The Hall–Kier alpha value is -1.08. The molecule has 1 saturated carbocycles. The van der Waals surface area contributed by atoms with E-state index in [-0.39, 0.29) is 5.91 Å². The Labute approximate surface area is 122 Å². The van der Waals surface area contributed by atoms with Gasteiger partial charge >= 0.3 is 0 Å². The van der Waals surface area contributed by atoms with E-state index in [1.54, 1.807) is 0 Å². The van der Waals surface area contributed by atoms with Crippen molar-refractivity contribution in [2.24, 2.45) is 5.41 Å². The summed E-state index contributed by atoms with van der Waals surface area (Å²) in [4.78, 5) is 14.9. The van der Waals surface area contributed by atoms with Crippen LogP contribution in [-0.2, 0) is 4.79 Å². The maximum absolute atomic E-state index is 12.5. The smallest absolute Gasteiger partial charge is 0.240 e. The Kier molecular flexibility index (Phi) is 5.42. The Balaban J connectivity index is 1.87. The molecule has 4 heteroatoms. The number of hydrogen-bond acceptors (Lipinski definition) is 3. The fourth-order valence-corrected chi connectivity index (χ4v) is 3.44. The van der Waals surface area contributed by atoms with Crippen molar-refractivity contribution in [1.82, 2.24) is 10.2 Å². The summed E-state index contributed by atoms with van der Waals surface area (Å²) in [7, 11) is 0. The highest BCUT2D eigenvalue weighted by atomic mass is 16.2. The lowest BCUT2D eigenvalue weighted by Crippen LogP contribution is -2.46. The lowest BCUT2D eigenvalue weighted by Gasteiger charge is -2.27. The fourth-order valence-electron chi connectivity index (χ4n) is 3.44. The largest absolute Gasteiger partial charge is 0.353 e. The molecule has 0 spiro atoms. The molecule has 1 aliphatic carbocycles. The van der Waals surface area contributed by atoms with E-state index in [0.29, 0.717) is 12.6 Å². The second kappa shape index (κ2) is 7.08. The lowest BCUT2D eigenvalue weighted by atomic mass is 9.81. The van der Waals surface area contributed by atoms with Crippen molar-refractivity contribution in [2.75, 3.05) is 19.6 Å². The first-order valence-corrected chi connectivity index (χ1v) is 8.11. The van der Waals surface area contributed by atoms with Crippen LogP contribution in [-0.4, -0.2) is 36.5 Å². The zero-order chi connectivity index (χ0) is 14.4. The van der Waals surface area contributed by atoms with Gasteiger partial charge in [0.15, 0.2) is 0 Å². The molecular formula is C16H27N3O. The Morgan fingerprint density at radius 1 is 1.20 bits per heavy atom. The van der Waals surface area contributed by atoms with Gasteiger partial charge in [-0.1, -0.05) is 25.7 Å². The van der Waals surface area contributed by atoms with Gasteiger partial charge in [0.25, 0.3) is 0 Å². The number of nitrogens with one attached hydrogen (secondary N) is 1. The predicted molar refractivity (Wildman–Crippen MR) is 79.0 cm³/mol. The van der Waals surface area contributed by atoms with Gasteiger partial charge in [0.2, 0.25) is 5.91 Å². The molecule has 2 rings (SSSR count). The zero-order valence-electron chi connectivity index (χ0n) is 12.7. The van der Waals surface area contributed by atoms with Crippen LogP contribution in [0, 0.1) is 16.7 Å². The van der Waals surface area contributed by atoms with E-state index in [4.69, 9.17) is 0 Å². The molecule has 1 atom stereocenters. The highest BCUT2D eigenvalue weighted by molar-refractivity contribution is 5.85. The van der Waals surface area contributed by atoms with E-state index in [2.05, 4.69) is 23.2 Å². The van der Waals surface area contributed by atoms with E-state index >= 15 is 0 Å². The van der Waals surface area contributed by atoms with Gasteiger partial charge < -0.3 is 5.32 Å². The van der Waals surface area contributed by atoms with Crippen molar-refractivity contribution in [1.29, 1.82) is 5.26 Å². The highest BCUT2D eigenvalue weighted by Gasteiger charge is 2.38. The first-order valence-electron chi connectivity index (χ1n) is 8.11. The first kappa shape index (κ1) is 15.3. The van der Waals surface area contributed by atoms with Crippen LogP contribution in [0.25, 0.3) is 0 Å². The second-order valence-corrected chi connectivity index (χ2v) is 6.41. The molecule has 2 aliphatic rings. The number of amides is 1. The van der Waals surface area contributed by atoms with E-state index in [9.17, 15) is 10.1 Å². The monoisotopic (exact) mass is 277 g/mol. The van der Waals surface area contributed by atoms with Crippen LogP contribution in [0.5, 0.6) is 0 Å². The summed E-state index contributed by atoms with van der Waals surface area (Å²) >= 11 is 0. The van der Waals surface area contributed by atoms with E-state index in [1.807, 2.05) is 0 Å². The molecule has 0 bridgehead atoms. The molecule has 0 aromatic carbocycles. The molecule has 1 N–H and O–H groups in total. The van der Waals surface area contributed by atoms with Crippen molar-refractivity contribution in [2.45, 2.75) is 64.3 Å². The summed E-state index contributed by atoms with van der Waals surface area (Å²) in [6.07, 6.45) is 8.30. The average molecular weight is 277 g/mol. The molecule has 0 aromatic heterocycles. The van der Waals surface area contributed by atoms with Gasteiger partial charge in [0.1, 0.15) is 5.41 Å². The SMILES string of the molecule is CC(CNC(=O)C1(C#N)CCCCCC1)N1CCCC1. The summed E-state index contributed by atoms with van der Waals surface area (Å²) < 4.78 is 0. The zero-order valence-corrected chi connectivity index (χ0v) is 12.7. The maximum Gasteiger partial charge on any atom is 0.240 e. The standard InChI is InChI=1S/C16H27N3O/c1-14(19-10-6-7-11-19)12-18-15(20)16(13-17)8-4-2-3-5-9-16/h14H,2-12H2,1H3,(H,18,20). The summed E-state index contributed by atoms with van der Waals surface area (Å²) in [6.45, 7) is 5.11. The predicted octanol–water partition coefficient (Wildman–Crippen LogP) is 2.45. The summed E-state index contributed by atoms with van der Waals surface area (Å²) in [6, 6.07) is 2.70. The minimum Gasteiger partial charge on any atom is -0.353 e. The molecule has 112 valence electrons. The van der Waals surface area contributed by atoms with Crippen LogP contribution in [0.15, 0.2) is 0 Å². The Morgan fingerprint density at radius 2 is 1.80 bits per heavy atom. The third-order valence-electron chi connectivity index (χ3n) is 4.93. The molecule has 1 saturated heterocycles. The van der Waals surface area contributed by atoms with Gasteiger partial charge in [-0.15, -0.1) is 0 Å². The third-order valence-corrected chi connectivity index (χ3v) is 4.93. The number of hydrogen-bond donors (Lipinski definition) is 1. The van der Waals surface area contributed by atoms with Gasteiger partial charge in [0.05, 0.1) is 6.07 Å². The van der Waals surface area contributed by atoms with Gasteiger partial charge in [-0.25, -0.2) is 0 Å². The molecule has 20 heavy (non-hydrogen) atoms. The number of carbonyl (C=O) groups is 1. The normalized spacial score (nSPS) is 24.6. The molecule has 1 unspecified atom stereocenters. The van der Waals surface area contributed by atoms with E-state index in [0.717, 1.165) is 51.6 Å². The van der Waals surface area contributed by atoms with Gasteiger partial charge in [-0.05, 0) is 45.7 Å². The van der Waals surface area contributed by atoms with Gasteiger partial charge in [-0.2, -0.15) is 5.26 Å². The highest BCUT2D eigenvalue weighted by Crippen LogP contribution is 2.34. The molecular weight excluding hydrogens is 250 g/mol. The van der Waals surface area contributed by atoms with Crippen molar-refractivity contribution in [3.05, 3.63) is 0 Å². The Bertz CT molecular complexity index is 360. The van der Waals surface area contributed by atoms with E-state index < -0.39 is 5.41 Å². The first-order chi connectivity index (χ1) is 9.68. The van der Waals surface area contributed by atoms with Crippen LogP contribution in [0.3, 0.4) is 0 Å². The van der Waals surface area contributed by atoms with Gasteiger partial charge in [0, 0.05) is 12.6 Å². The number of likely N-dealkylation sites (tertiary alicyclic amines) is 1. The molecule has 0 radical (unpaired) electrons. The van der Waals surface area contributed by atoms with Gasteiger partial charge in [-0.3, -0.25) is 9.69 Å². The molecule has 0 aromatic rings. The van der Waals surface area contributed by atoms with Crippen LogP contribution in [0.2, 0.25) is 0 Å². The van der Waals surface area contributed by atoms with Crippen molar-refractivity contribution in [3.63, 3.8) is 0 Å². The topological polar surface area (TPSA) is 56.1 Å². The molecule has 2 fully saturated rings. The quantitative estimate of drug-likeness (QED) is 0.803. The number of nitrogens with zero attached hydrogens (tertiary/aromatic N) is 2. The fraction of sp³-hybridized carbons (Fsp3) is 0.875. The number of carbonyl (C=O) groups excluding carboxylic acids is 1. The number of rotatable bonds is 4. The van der Waals surface area contributed by atoms with Crippen molar-refractivity contribution >= 4 is 5.91 Å². The molecule has 1 heterocycles. The molecule has 1 amide bonds. The minimum absolute atomic E-state index is 0.0343. The van der Waals surface area contributed by atoms with Crippen molar-refractivity contribution in [3.8, 4) is 6.07 Å². The lowest BCUT2D eigenvalue weighted by molar-refractivity contribution is -0.129. The summed E-state index contributed by atoms with van der Waals surface area (Å²) in [5.74, 6) is -0.0343. The average Bonchev–Trinajstić information content (AvgIpc) is 2.89. The molecule has 4 nitrogen and oxygen atoms in total. The maximum atomic E-state index is 12.5. The van der Waals surface area contributed by atoms with E-state index in [1.165, 1.54) is 12.8 Å². The Morgan fingerprint density at radius 3 is 2.35 bits per heavy atom. The van der Waals surface area contributed by atoms with Crippen LogP contribution < -0.4 is 5.32 Å². The second-order valence-electron chi connectivity index (χ2n) is 6.41. The third kappa shape index (κ3) is 3.52. The van der Waals surface area contributed by atoms with Crippen LogP contribution in [0.4, 0.5) is 0 Å². The molecule has 1 aliphatic heterocycles.